The van der Waals surface area contributed by atoms with E-state index in [-0.39, 0.29) is 0 Å². The molecule has 1 aromatic carbocycles. The van der Waals surface area contributed by atoms with Crippen LogP contribution in [0.3, 0.4) is 0 Å². The van der Waals surface area contributed by atoms with Gasteiger partial charge in [-0.2, -0.15) is 5.26 Å². The van der Waals surface area contributed by atoms with Crippen LogP contribution in [-0.2, 0) is 19.9 Å². The minimum absolute atomic E-state index is 0.681. The predicted octanol–water partition coefficient (Wildman–Crippen LogP) is 3.66. The van der Waals surface area contributed by atoms with Crippen LogP contribution in [0.2, 0.25) is 0 Å². The second-order valence-electron chi connectivity index (χ2n) is 5.22. The van der Waals surface area contributed by atoms with E-state index >= 15 is 0 Å². The maximum absolute atomic E-state index is 9.01. The Labute approximate surface area is 121 Å². The first-order valence-electron chi connectivity index (χ1n) is 6.75. The SMILES string of the molecule is Cn1c(-c2cc3c(s2)CCC3)nc2ccc(C#N)cc21. The molecule has 0 fully saturated rings. The molecule has 2 heterocycles. The third kappa shape index (κ3) is 1.60. The molecule has 4 heteroatoms. The van der Waals surface area contributed by atoms with Gasteiger partial charge in [0, 0.05) is 11.9 Å². The van der Waals surface area contributed by atoms with Gasteiger partial charge in [-0.1, -0.05) is 0 Å². The number of imidazole rings is 1. The van der Waals surface area contributed by atoms with E-state index in [0.29, 0.717) is 5.56 Å². The van der Waals surface area contributed by atoms with E-state index in [9.17, 15) is 0 Å². The fourth-order valence-electron chi connectivity index (χ4n) is 2.92. The maximum Gasteiger partial charge on any atom is 0.150 e. The summed E-state index contributed by atoms with van der Waals surface area (Å²) >= 11 is 1.87. The zero-order valence-corrected chi connectivity index (χ0v) is 12.0. The largest absolute Gasteiger partial charge is 0.326 e. The molecule has 3 nitrogen and oxygen atoms in total. The molecule has 4 rings (SSSR count). The van der Waals surface area contributed by atoms with Crippen molar-refractivity contribution in [2.45, 2.75) is 19.3 Å². The maximum atomic E-state index is 9.01. The van der Waals surface area contributed by atoms with Crippen molar-refractivity contribution in [2.75, 3.05) is 0 Å². The summed E-state index contributed by atoms with van der Waals surface area (Å²) < 4.78 is 2.09. The van der Waals surface area contributed by atoms with Gasteiger partial charge in [-0.15, -0.1) is 11.3 Å². The van der Waals surface area contributed by atoms with Gasteiger partial charge in [0.1, 0.15) is 0 Å². The van der Waals surface area contributed by atoms with Gasteiger partial charge in [-0.25, -0.2) is 4.98 Å². The van der Waals surface area contributed by atoms with Crippen LogP contribution < -0.4 is 0 Å². The molecule has 0 bridgehead atoms. The molecular formula is C16H13N3S. The average molecular weight is 279 g/mol. The summed E-state index contributed by atoms with van der Waals surface area (Å²) in [6.45, 7) is 0. The molecule has 3 aromatic rings. The molecule has 0 N–H and O–H groups in total. The standard InChI is InChI=1S/C16H13N3S/c1-19-13-7-10(9-17)5-6-12(13)18-16(19)15-8-11-3-2-4-14(11)20-15/h5-8H,2-4H2,1H3. The normalized spacial score (nSPS) is 13.6. The van der Waals surface area contributed by atoms with Crippen LogP contribution in [0.1, 0.15) is 22.4 Å². The third-order valence-corrected chi connectivity index (χ3v) is 5.21. The zero-order valence-electron chi connectivity index (χ0n) is 11.2. The van der Waals surface area contributed by atoms with Crippen molar-refractivity contribution in [1.29, 1.82) is 5.26 Å². The lowest BCUT2D eigenvalue weighted by molar-refractivity contribution is 0.914. The Morgan fingerprint density at radius 2 is 2.20 bits per heavy atom. The molecule has 98 valence electrons. The molecule has 0 atom stereocenters. The number of nitrogens with zero attached hydrogens (tertiary/aromatic N) is 3. The molecule has 0 saturated carbocycles. The van der Waals surface area contributed by atoms with Gasteiger partial charge < -0.3 is 4.57 Å². The summed E-state index contributed by atoms with van der Waals surface area (Å²) in [5, 5.41) is 9.01. The smallest absolute Gasteiger partial charge is 0.150 e. The van der Waals surface area contributed by atoms with Crippen LogP contribution in [0.25, 0.3) is 21.7 Å². The van der Waals surface area contributed by atoms with Gasteiger partial charge in [-0.3, -0.25) is 0 Å². The summed E-state index contributed by atoms with van der Waals surface area (Å²) in [5.74, 6) is 1.01. The number of hydrogen-bond donors (Lipinski definition) is 0. The lowest BCUT2D eigenvalue weighted by Gasteiger charge is -1.99. The van der Waals surface area contributed by atoms with Gasteiger partial charge in [0.05, 0.1) is 27.5 Å². The molecular weight excluding hydrogens is 266 g/mol. The van der Waals surface area contributed by atoms with E-state index in [1.165, 1.54) is 34.6 Å². The van der Waals surface area contributed by atoms with Gasteiger partial charge in [0.25, 0.3) is 0 Å². The Morgan fingerprint density at radius 3 is 3.00 bits per heavy atom. The second kappa shape index (κ2) is 4.19. The minimum atomic E-state index is 0.681. The molecule has 0 radical (unpaired) electrons. The van der Waals surface area contributed by atoms with Crippen molar-refractivity contribution in [3.8, 4) is 16.8 Å². The first-order valence-corrected chi connectivity index (χ1v) is 7.56. The van der Waals surface area contributed by atoms with E-state index < -0.39 is 0 Å². The van der Waals surface area contributed by atoms with Crippen molar-refractivity contribution in [3.63, 3.8) is 0 Å². The minimum Gasteiger partial charge on any atom is -0.326 e. The number of aryl methyl sites for hydroxylation is 3. The van der Waals surface area contributed by atoms with E-state index in [0.717, 1.165) is 16.9 Å². The van der Waals surface area contributed by atoms with E-state index in [1.54, 1.807) is 0 Å². The summed E-state index contributed by atoms with van der Waals surface area (Å²) in [4.78, 5) is 7.50. The van der Waals surface area contributed by atoms with Crippen molar-refractivity contribution in [3.05, 3.63) is 40.3 Å². The average Bonchev–Trinajstić information content (AvgIpc) is 3.11. The molecule has 0 aliphatic heterocycles. The van der Waals surface area contributed by atoms with Gasteiger partial charge in [0.2, 0.25) is 0 Å². The number of hydrogen-bond acceptors (Lipinski definition) is 3. The molecule has 2 aromatic heterocycles. The van der Waals surface area contributed by atoms with Crippen molar-refractivity contribution >= 4 is 22.4 Å². The summed E-state index contributed by atoms with van der Waals surface area (Å²) in [7, 11) is 2.02. The molecule has 0 amide bonds. The first kappa shape index (κ1) is 11.7. The van der Waals surface area contributed by atoms with Crippen molar-refractivity contribution < 1.29 is 0 Å². The van der Waals surface area contributed by atoms with Crippen molar-refractivity contribution in [2.24, 2.45) is 7.05 Å². The van der Waals surface area contributed by atoms with Crippen LogP contribution in [0.5, 0.6) is 0 Å². The van der Waals surface area contributed by atoms with E-state index in [2.05, 4.69) is 16.7 Å². The number of nitriles is 1. The Morgan fingerprint density at radius 1 is 1.30 bits per heavy atom. The quantitative estimate of drug-likeness (QED) is 0.682. The second-order valence-corrected chi connectivity index (χ2v) is 6.36. The molecule has 1 aliphatic carbocycles. The highest BCUT2D eigenvalue weighted by atomic mass is 32.1. The number of benzene rings is 1. The Balaban J connectivity index is 1.91. The van der Waals surface area contributed by atoms with Crippen LogP contribution in [0.4, 0.5) is 0 Å². The number of aromatic nitrogens is 2. The number of thiophene rings is 1. The van der Waals surface area contributed by atoms with Gasteiger partial charge in [0.15, 0.2) is 5.82 Å². The third-order valence-electron chi connectivity index (χ3n) is 3.98. The lowest BCUT2D eigenvalue weighted by Crippen LogP contribution is -1.91. The van der Waals surface area contributed by atoms with Gasteiger partial charge in [-0.05, 0) is 49.1 Å². The topological polar surface area (TPSA) is 41.6 Å². The molecule has 20 heavy (non-hydrogen) atoms. The molecule has 0 unspecified atom stereocenters. The number of fused-ring (bicyclic) bond motifs is 2. The van der Waals surface area contributed by atoms with Crippen LogP contribution in [-0.4, -0.2) is 9.55 Å². The fraction of sp³-hybridized carbons (Fsp3) is 0.250. The lowest BCUT2D eigenvalue weighted by atomic mass is 10.2. The van der Waals surface area contributed by atoms with Crippen LogP contribution in [0.15, 0.2) is 24.3 Å². The van der Waals surface area contributed by atoms with Crippen LogP contribution in [0, 0.1) is 11.3 Å². The van der Waals surface area contributed by atoms with E-state index in [4.69, 9.17) is 10.2 Å². The molecule has 0 spiro atoms. The monoisotopic (exact) mass is 279 g/mol. The highest BCUT2D eigenvalue weighted by Gasteiger charge is 2.18. The Kier molecular flexibility index (Phi) is 2.45. The fourth-order valence-corrected chi connectivity index (χ4v) is 4.20. The summed E-state index contributed by atoms with van der Waals surface area (Å²) in [5.41, 5.74) is 4.15. The predicted molar refractivity (Wildman–Crippen MR) is 80.8 cm³/mol. The number of rotatable bonds is 1. The Hall–Kier alpha value is -2.12. The summed E-state index contributed by atoms with van der Waals surface area (Å²) in [6, 6.07) is 10.1. The zero-order chi connectivity index (χ0) is 13.7. The molecule has 0 saturated heterocycles. The van der Waals surface area contributed by atoms with Crippen molar-refractivity contribution in [1.82, 2.24) is 9.55 Å². The van der Waals surface area contributed by atoms with E-state index in [1.807, 2.05) is 36.6 Å². The highest BCUT2D eigenvalue weighted by molar-refractivity contribution is 7.15. The summed E-state index contributed by atoms with van der Waals surface area (Å²) in [6.07, 6.45) is 3.70. The van der Waals surface area contributed by atoms with Gasteiger partial charge >= 0.3 is 0 Å². The molecule has 1 aliphatic rings. The highest BCUT2D eigenvalue weighted by Crippen LogP contribution is 2.37. The van der Waals surface area contributed by atoms with Crippen LogP contribution >= 0.6 is 11.3 Å². The Bertz CT molecular complexity index is 842. The first-order chi connectivity index (χ1) is 9.76.